The lowest BCUT2D eigenvalue weighted by Gasteiger charge is -2.17. The molecule has 1 atom stereocenters. The molecule has 3 nitrogen and oxygen atoms in total. The van der Waals surface area contributed by atoms with Gasteiger partial charge in [0.2, 0.25) is 0 Å². The second kappa shape index (κ2) is 5.73. The number of anilines is 2. The number of pyridine rings is 1. The number of nitrogens with one attached hydrogen (secondary N) is 1. The molecule has 0 saturated heterocycles. The van der Waals surface area contributed by atoms with Crippen molar-refractivity contribution >= 4 is 11.5 Å². The molecule has 90 valence electrons. The van der Waals surface area contributed by atoms with E-state index in [1.165, 1.54) is 6.42 Å². The van der Waals surface area contributed by atoms with Gasteiger partial charge >= 0.3 is 0 Å². The van der Waals surface area contributed by atoms with Crippen LogP contribution >= 0.6 is 0 Å². The summed E-state index contributed by atoms with van der Waals surface area (Å²) in [5.41, 5.74) is 7.59. The van der Waals surface area contributed by atoms with Crippen LogP contribution in [-0.4, -0.2) is 11.0 Å². The molecule has 1 aromatic heterocycles. The summed E-state index contributed by atoms with van der Waals surface area (Å²) in [6.45, 7) is 8.63. The molecule has 0 aliphatic rings. The predicted molar refractivity (Wildman–Crippen MR) is 70.5 cm³/mol. The van der Waals surface area contributed by atoms with Gasteiger partial charge in [-0.3, -0.25) is 0 Å². The summed E-state index contributed by atoms with van der Waals surface area (Å²) in [5, 5.41) is 3.37. The Morgan fingerprint density at radius 3 is 2.56 bits per heavy atom. The third-order valence-electron chi connectivity index (χ3n) is 2.63. The van der Waals surface area contributed by atoms with Crippen LogP contribution in [0.15, 0.2) is 12.1 Å². The van der Waals surface area contributed by atoms with Crippen LogP contribution in [0.2, 0.25) is 0 Å². The quantitative estimate of drug-likeness (QED) is 0.802. The van der Waals surface area contributed by atoms with Gasteiger partial charge in [0.25, 0.3) is 0 Å². The van der Waals surface area contributed by atoms with Crippen molar-refractivity contribution in [3.63, 3.8) is 0 Å². The lowest BCUT2D eigenvalue weighted by Crippen LogP contribution is -2.18. The Hall–Kier alpha value is -1.25. The third kappa shape index (κ3) is 4.09. The molecule has 1 aromatic rings. The largest absolute Gasteiger partial charge is 0.396 e. The van der Waals surface area contributed by atoms with Crippen molar-refractivity contribution in [2.45, 2.75) is 46.6 Å². The molecule has 0 fully saturated rings. The molecule has 3 N–H and O–H groups in total. The fourth-order valence-electron chi connectivity index (χ4n) is 1.57. The van der Waals surface area contributed by atoms with E-state index in [-0.39, 0.29) is 0 Å². The van der Waals surface area contributed by atoms with Gasteiger partial charge in [0, 0.05) is 11.7 Å². The molecule has 0 amide bonds. The van der Waals surface area contributed by atoms with Gasteiger partial charge in [-0.2, -0.15) is 0 Å². The second-order valence-electron chi connectivity index (χ2n) is 4.91. The Morgan fingerprint density at radius 2 is 1.94 bits per heavy atom. The van der Waals surface area contributed by atoms with E-state index in [1.54, 1.807) is 0 Å². The van der Waals surface area contributed by atoms with Crippen LogP contribution in [0.1, 0.15) is 39.3 Å². The van der Waals surface area contributed by atoms with E-state index in [0.717, 1.165) is 29.5 Å². The van der Waals surface area contributed by atoms with E-state index in [1.807, 2.05) is 19.1 Å². The van der Waals surface area contributed by atoms with E-state index in [0.29, 0.717) is 6.04 Å². The number of nitrogens with two attached hydrogens (primary N) is 1. The van der Waals surface area contributed by atoms with Gasteiger partial charge in [0.05, 0.1) is 5.69 Å². The van der Waals surface area contributed by atoms with Gasteiger partial charge in [-0.1, -0.05) is 13.8 Å². The summed E-state index contributed by atoms with van der Waals surface area (Å²) in [6.07, 6.45) is 2.37. The maximum atomic E-state index is 5.87. The fraction of sp³-hybridized carbons (Fsp3) is 0.615. The van der Waals surface area contributed by atoms with Crippen molar-refractivity contribution in [1.29, 1.82) is 0 Å². The normalized spacial score (nSPS) is 12.8. The van der Waals surface area contributed by atoms with Crippen LogP contribution in [0, 0.1) is 12.8 Å². The van der Waals surface area contributed by atoms with Gasteiger partial charge in [-0.05, 0) is 44.7 Å². The minimum Gasteiger partial charge on any atom is -0.396 e. The number of nitrogen functional groups attached to an aromatic ring is 1. The van der Waals surface area contributed by atoms with Crippen LogP contribution < -0.4 is 11.1 Å². The SMILES string of the molecule is Cc1ccc(N)c(NC(C)CCC(C)C)n1. The number of nitrogens with zero attached hydrogens (tertiary/aromatic N) is 1. The Balaban J connectivity index is 2.55. The topological polar surface area (TPSA) is 50.9 Å². The van der Waals surface area contributed by atoms with Crippen molar-refractivity contribution in [3.8, 4) is 0 Å². The molecule has 0 bridgehead atoms. The van der Waals surface area contributed by atoms with Crippen LogP contribution in [-0.2, 0) is 0 Å². The standard InChI is InChI=1S/C13H23N3/c1-9(2)5-6-10(3)15-13-12(14)8-7-11(4)16-13/h7-10H,5-6,14H2,1-4H3,(H,15,16). The zero-order valence-electron chi connectivity index (χ0n) is 10.7. The molecule has 0 aliphatic heterocycles. The summed E-state index contributed by atoms with van der Waals surface area (Å²) in [5.74, 6) is 1.56. The lowest BCUT2D eigenvalue weighted by atomic mass is 10.0. The van der Waals surface area contributed by atoms with Crippen LogP contribution in [0.3, 0.4) is 0 Å². The first-order chi connectivity index (χ1) is 7.49. The van der Waals surface area contributed by atoms with Gasteiger partial charge < -0.3 is 11.1 Å². The van der Waals surface area contributed by atoms with Gasteiger partial charge in [0.1, 0.15) is 5.82 Å². The summed E-state index contributed by atoms with van der Waals surface area (Å²) in [6, 6.07) is 4.25. The van der Waals surface area contributed by atoms with Crippen LogP contribution in [0.5, 0.6) is 0 Å². The van der Waals surface area contributed by atoms with Crippen molar-refractivity contribution in [3.05, 3.63) is 17.8 Å². The molecule has 16 heavy (non-hydrogen) atoms. The molecule has 1 heterocycles. The molecule has 3 heteroatoms. The average Bonchev–Trinajstić information content (AvgIpc) is 2.20. The fourth-order valence-corrected chi connectivity index (χ4v) is 1.57. The number of aryl methyl sites for hydroxylation is 1. The van der Waals surface area contributed by atoms with Crippen molar-refractivity contribution in [2.24, 2.45) is 5.92 Å². The van der Waals surface area contributed by atoms with Crippen molar-refractivity contribution < 1.29 is 0 Å². The molecule has 0 spiro atoms. The second-order valence-corrected chi connectivity index (χ2v) is 4.91. The summed E-state index contributed by atoms with van der Waals surface area (Å²) < 4.78 is 0. The molecular formula is C13H23N3. The zero-order valence-corrected chi connectivity index (χ0v) is 10.7. The van der Waals surface area contributed by atoms with E-state index in [4.69, 9.17) is 5.73 Å². The highest BCUT2D eigenvalue weighted by Crippen LogP contribution is 2.18. The molecule has 1 rings (SSSR count). The Kier molecular flexibility index (Phi) is 4.59. The number of rotatable bonds is 5. The summed E-state index contributed by atoms with van der Waals surface area (Å²) in [7, 11) is 0. The monoisotopic (exact) mass is 221 g/mol. The van der Waals surface area contributed by atoms with Crippen LogP contribution in [0.25, 0.3) is 0 Å². The Bertz CT molecular complexity index is 334. The highest BCUT2D eigenvalue weighted by Gasteiger charge is 2.07. The van der Waals surface area contributed by atoms with E-state index >= 15 is 0 Å². The van der Waals surface area contributed by atoms with E-state index < -0.39 is 0 Å². The molecular weight excluding hydrogens is 198 g/mol. The maximum absolute atomic E-state index is 5.87. The van der Waals surface area contributed by atoms with E-state index in [9.17, 15) is 0 Å². The molecule has 0 aliphatic carbocycles. The lowest BCUT2D eigenvalue weighted by molar-refractivity contribution is 0.527. The van der Waals surface area contributed by atoms with Crippen LogP contribution in [0.4, 0.5) is 11.5 Å². The number of hydrogen-bond acceptors (Lipinski definition) is 3. The van der Waals surface area contributed by atoms with E-state index in [2.05, 4.69) is 31.1 Å². The van der Waals surface area contributed by atoms with Crippen molar-refractivity contribution in [2.75, 3.05) is 11.1 Å². The van der Waals surface area contributed by atoms with Crippen molar-refractivity contribution in [1.82, 2.24) is 4.98 Å². The van der Waals surface area contributed by atoms with Gasteiger partial charge in [0.15, 0.2) is 0 Å². The Labute approximate surface area is 98.5 Å². The van der Waals surface area contributed by atoms with Gasteiger partial charge in [-0.25, -0.2) is 4.98 Å². The number of aromatic nitrogens is 1. The minimum absolute atomic E-state index is 0.416. The highest BCUT2D eigenvalue weighted by molar-refractivity contribution is 5.61. The zero-order chi connectivity index (χ0) is 12.1. The maximum Gasteiger partial charge on any atom is 0.149 e. The smallest absolute Gasteiger partial charge is 0.149 e. The average molecular weight is 221 g/mol. The molecule has 0 radical (unpaired) electrons. The first-order valence-electron chi connectivity index (χ1n) is 5.98. The van der Waals surface area contributed by atoms with Gasteiger partial charge in [-0.15, -0.1) is 0 Å². The first kappa shape index (κ1) is 12.8. The Morgan fingerprint density at radius 1 is 1.25 bits per heavy atom. The third-order valence-corrected chi connectivity index (χ3v) is 2.63. The number of hydrogen-bond donors (Lipinski definition) is 2. The first-order valence-corrected chi connectivity index (χ1v) is 5.98. The predicted octanol–water partition coefficient (Wildman–Crippen LogP) is 3.21. The summed E-state index contributed by atoms with van der Waals surface area (Å²) >= 11 is 0. The molecule has 0 aromatic carbocycles. The summed E-state index contributed by atoms with van der Waals surface area (Å²) in [4.78, 5) is 4.40. The minimum atomic E-state index is 0.416. The molecule has 0 saturated carbocycles. The highest BCUT2D eigenvalue weighted by atomic mass is 15.0. The molecule has 1 unspecified atom stereocenters.